The first-order valence-corrected chi connectivity index (χ1v) is 10.0. The fraction of sp³-hybridized carbons (Fsp3) is 0.273. The second kappa shape index (κ2) is 8.10. The quantitative estimate of drug-likeness (QED) is 0.381. The van der Waals surface area contributed by atoms with Crippen LogP contribution in [0.15, 0.2) is 53.6 Å². The number of aromatic nitrogens is 2. The van der Waals surface area contributed by atoms with Crippen molar-refractivity contribution < 1.29 is 9.59 Å². The van der Waals surface area contributed by atoms with Crippen molar-refractivity contribution in [3.05, 3.63) is 59.9 Å². The Morgan fingerprint density at radius 3 is 2.32 bits per heavy atom. The fourth-order valence-electron chi connectivity index (χ4n) is 2.65. The second-order valence-corrected chi connectivity index (χ2v) is 8.55. The molecule has 1 heterocycles. The highest BCUT2D eigenvalue weighted by atomic mass is 32.2. The number of fused-ring (bicyclic) bond motifs is 1. The number of carbonyl (C=O) groups excluding carboxylic acids is 2. The summed E-state index contributed by atoms with van der Waals surface area (Å²) >= 11 is 1.43. The summed E-state index contributed by atoms with van der Waals surface area (Å²) in [5, 5.41) is 4.47. The van der Waals surface area contributed by atoms with Gasteiger partial charge in [-0.25, -0.2) is 9.97 Å². The van der Waals surface area contributed by atoms with Crippen molar-refractivity contribution in [2.45, 2.75) is 38.1 Å². The number of nitrogens with one attached hydrogen (secondary N) is 1. The summed E-state index contributed by atoms with van der Waals surface area (Å²) in [6, 6.07) is 14.8. The molecule has 0 bridgehead atoms. The van der Waals surface area contributed by atoms with E-state index in [-0.39, 0.29) is 22.9 Å². The zero-order valence-corrected chi connectivity index (χ0v) is 17.3. The first kappa shape index (κ1) is 20.0. The Kier molecular flexibility index (Phi) is 5.79. The van der Waals surface area contributed by atoms with E-state index < -0.39 is 0 Å². The van der Waals surface area contributed by atoms with Gasteiger partial charge in [0.05, 0.1) is 11.3 Å². The van der Waals surface area contributed by atoms with E-state index in [4.69, 9.17) is 4.98 Å². The van der Waals surface area contributed by atoms with Crippen LogP contribution in [0.1, 0.15) is 43.9 Å². The molecular weight excluding hydrogens is 370 g/mol. The number of para-hydroxylation sites is 1. The fourth-order valence-corrected chi connectivity index (χ4v) is 3.57. The normalized spacial score (nSPS) is 11.4. The number of carbonyl (C=O) groups is 2. The molecule has 1 amide bonds. The lowest BCUT2D eigenvalue weighted by Gasteiger charge is -2.18. The molecule has 6 heteroatoms. The van der Waals surface area contributed by atoms with Crippen LogP contribution in [0.4, 0.5) is 5.69 Å². The predicted molar refractivity (Wildman–Crippen MR) is 114 cm³/mol. The summed E-state index contributed by atoms with van der Waals surface area (Å²) in [5.41, 5.74) is 1.99. The van der Waals surface area contributed by atoms with E-state index in [0.717, 1.165) is 21.8 Å². The van der Waals surface area contributed by atoms with E-state index in [1.165, 1.54) is 18.7 Å². The molecule has 2 aromatic carbocycles. The van der Waals surface area contributed by atoms with Gasteiger partial charge in [0, 0.05) is 29.0 Å². The van der Waals surface area contributed by atoms with Gasteiger partial charge in [-0.15, -0.1) is 0 Å². The van der Waals surface area contributed by atoms with Gasteiger partial charge < -0.3 is 5.32 Å². The van der Waals surface area contributed by atoms with Crippen LogP contribution in [0, 0.1) is 0 Å². The number of rotatable bonds is 5. The molecule has 0 atom stereocenters. The molecule has 1 N–H and O–H groups in total. The van der Waals surface area contributed by atoms with Gasteiger partial charge in [-0.1, -0.05) is 50.7 Å². The minimum atomic E-state index is -0.178. The average molecular weight is 394 g/mol. The smallest absolute Gasteiger partial charge is 0.221 e. The average Bonchev–Trinajstić information content (AvgIpc) is 2.65. The number of ketones is 1. The summed E-state index contributed by atoms with van der Waals surface area (Å²) in [5.74, 6) is 0.921. The van der Waals surface area contributed by atoms with Crippen molar-refractivity contribution in [3.63, 3.8) is 0 Å². The van der Waals surface area contributed by atoms with Gasteiger partial charge in [-0.3, -0.25) is 9.59 Å². The van der Waals surface area contributed by atoms with Crippen molar-refractivity contribution in [2.75, 3.05) is 11.1 Å². The second-order valence-electron chi connectivity index (χ2n) is 7.59. The maximum atomic E-state index is 12.6. The maximum absolute atomic E-state index is 12.6. The molecule has 28 heavy (non-hydrogen) atoms. The third-order valence-electron chi connectivity index (χ3n) is 4.11. The van der Waals surface area contributed by atoms with Crippen molar-refractivity contribution in [1.82, 2.24) is 9.97 Å². The number of benzene rings is 2. The summed E-state index contributed by atoms with van der Waals surface area (Å²) in [4.78, 5) is 33.1. The SMILES string of the molecule is CC(=O)Nc1ccc(C(=O)CSc2nc(C(C)(C)C)nc3ccccc23)cc1. The molecule has 0 fully saturated rings. The zero-order valence-electron chi connectivity index (χ0n) is 16.4. The molecule has 3 rings (SSSR count). The lowest BCUT2D eigenvalue weighted by Crippen LogP contribution is -2.16. The molecule has 0 aliphatic rings. The zero-order chi connectivity index (χ0) is 20.3. The predicted octanol–water partition coefficient (Wildman–Crippen LogP) is 4.86. The van der Waals surface area contributed by atoms with Gasteiger partial charge in [-0.05, 0) is 30.3 Å². The Morgan fingerprint density at radius 2 is 1.68 bits per heavy atom. The van der Waals surface area contributed by atoms with Crippen LogP contribution in [0.3, 0.4) is 0 Å². The molecule has 0 aliphatic carbocycles. The maximum Gasteiger partial charge on any atom is 0.221 e. The van der Waals surface area contributed by atoms with E-state index in [9.17, 15) is 9.59 Å². The van der Waals surface area contributed by atoms with Crippen molar-refractivity contribution in [3.8, 4) is 0 Å². The molecule has 0 radical (unpaired) electrons. The van der Waals surface area contributed by atoms with Gasteiger partial charge in [-0.2, -0.15) is 0 Å². The standard InChI is InChI=1S/C22H23N3O2S/c1-14(26)23-16-11-9-15(10-12-16)19(27)13-28-20-17-7-5-6-8-18(17)24-21(25-20)22(2,3)4/h5-12H,13H2,1-4H3,(H,23,26). The highest BCUT2D eigenvalue weighted by Gasteiger charge is 2.20. The number of Topliss-reactive ketones (excluding diaryl/α,β-unsaturated/α-hetero) is 1. The third-order valence-corrected chi connectivity index (χ3v) is 5.10. The molecule has 144 valence electrons. The summed E-state index contributed by atoms with van der Waals surface area (Å²) in [7, 11) is 0. The first-order valence-electron chi connectivity index (χ1n) is 9.05. The van der Waals surface area contributed by atoms with Crippen molar-refractivity contribution in [1.29, 1.82) is 0 Å². The Balaban J connectivity index is 1.81. The van der Waals surface area contributed by atoms with Gasteiger partial charge in [0.25, 0.3) is 0 Å². The van der Waals surface area contributed by atoms with Crippen molar-refractivity contribution in [2.24, 2.45) is 0 Å². The van der Waals surface area contributed by atoms with E-state index in [1.807, 2.05) is 24.3 Å². The van der Waals surface area contributed by atoms with Crippen LogP contribution in [-0.4, -0.2) is 27.4 Å². The minimum Gasteiger partial charge on any atom is -0.326 e. The van der Waals surface area contributed by atoms with E-state index >= 15 is 0 Å². The number of amides is 1. The highest BCUT2D eigenvalue weighted by Crippen LogP contribution is 2.29. The molecule has 0 saturated carbocycles. The molecule has 0 aliphatic heterocycles. The Hall–Kier alpha value is -2.73. The van der Waals surface area contributed by atoms with Crippen LogP contribution in [0.5, 0.6) is 0 Å². The summed E-state index contributed by atoms with van der Waals surface area (Å²) in [6.07, 6.45) is 0. The van der Waals surface area contributed by atoms with Gasteiger partial charge in [0.15, 0.2) is 5.78 Å². The highest BCUT2D eigenvalue weighted by molar-refractivity contribution is 8.00. The molecular formula is C22H23N3O2S. The van der Waals surface area contributed by atoms with E-state index in [2.05, 4.69) is 31.1 Å². The van der Waals surface area contributed by atoms with Crippen LogP contribution >= 0.6 is 11.8 Å². The van der Waals surface area contributed by atoms with Crippen molar-refractivity contribution >= 4 is 40.0 Å². The molecule has 1 aromatic heterocycles. The van der Waals surface area contributed by atoms with E-state index in [0.29, 0.717) is 11.3 Å². The number of thioether (sulfide) groups is 1. The summed E-state index contributed by atoms with van der Waals surface area (Å²) in [6.45, 7) is 7.68. The molecule has 0 saturated heterocycles. The van der Waals surface area contributed by atoms with Crippen LogP contribution in [-0.2, 0) is 10.2 Å². The van der Waals surface area contributed by atoms with Gasteiger partial charge in [0.2, 0.25) is 5.91 Å². The molecule has 3 aromatic rings. The van der Waals surface area contributed by atoms with Gasteiger partial charge in [0.1, 0.15) is 10.9 Å². The number of hydrogen-bond donors (Lipinski definition) is 1. The summed E-state index contributed by atoms with van der Waals surface area (Å²) < 4.78 is 0. The molecule has 5 nitrogen and oxygen atoms in total. The Labute approximate surface area is 169 Å². The lowest BCUT2D eigenvalue weighted by molar-refractivity contribution is -0.114. The topological polar surface area (TPSA) is 72.0 Å². The monoisotopic (exact) mass is 393 g/mol. The van der Waals surface area contributed by atoms with Crippen LogP contribution in [0.2, 0.25) is 0 Å². The largest absolute Gasteiger partial charge is 0.326 e. The van der Waals surface area contributed by atoms with E-state index in [1.54, 1.807) is 24.3 Å². The lowest BCUT2D eigenvalue weighted by atomic mass is 9.95. The Morgan fingerprint density at radius 1 is 1.00 bits per heavy atom. The van der Waals surface area contributed by atoms with Crippen LogP contribution < -0.4 is 5.32 Å². The number of nitrogens with zero attached hydrogens (tertiary/aromatic N) is 2. The van der Waals surface area contributed by atoms with Crippen LogP contribution in [0.25, 0.3) is 10.9 Å². The first-order chi connectivity index (χ1) is 13.2. The molecule has 0 unspecified atom stereocenters. The minimum absolute atomic E-state index is 0.0133. The third kappa shape index (κ3) is 4.75. The van der Waals surface area contributed by atoms with Gasteiger partial charge >= 0.3 is 0 Å². The number of anilines is 1. The Bertz CT molecular complexity index is 1020. The molecule has 0 spiro atoms. The number of hydrogen-bond acceptors (Lipinski definition) is 5.